The monoisotopic (exact) mass is 286 g/mol. The second kappa shape index (κ2) is 5.87. The summed E-state index contributed by atoms with van der Waals surface area (Å²) in [5.41, 5.74) is 3.49. The van der Waals surface area contributed by atoms with Gasteiger partial charge in [-0.05, 0) is 33.3 Å². The Hall–Kier alpha value is -2.50. The van der Waals surface area contributed by atoms with Crippen molar-refractivity contribution in [1.82, 2.24) is 9.97 Å². The summed E-state index contributed by atoms with van der Waals surface area (Å²) >= 11 is 0. The predicted octanol–water partition coefficient (Wildman–Crippen LogP) is 3.41. The molecule has 0 unspecified atom stereocenters. The van der Waals surface area contributed by atoms with Crippen LogP contribution in [-0.2, 0) is 0 Å². The molecule has 0 saturated heterocycles. The highest BCUT2D eigenvalue weighted by Crippen LogP contribution is 2.27. The minimum absolute atomic E-state index is 0.0439. The van der Waals surface area contributed by atoms with Crippen molar-refractivity contribution in [2.45, 2.75) is 27.7 Å². The van der Waals surface area contributed by atoms with E-state index in [1.165, 1.54) is 12.1 Å². The van der Waals surface area contributed by atoms with E-state index >= 15 is 0 Å². The summed E-state index contributed by atoms with van der Waals surface area (Å²) in [6.45, 7) is 8.51. The van der Waals surface area contributed by atoms with E-state index in [4.69, 9.17) is 0 Å². The second-order valence-electron chi connectivity index (χ2n) is 4.89. The number of hydrogen-bond acceptors (Lipinski definition) is 5. The minimum Gasteiger partial charge on any atom is -0.370 e. The third kappa shape index (κ3) is 2.99. The van der Waals surface area contributed by atoms with Crippen LogP contribution in [0.4, 0.5) is 11.5 Å². The number of benzene rings is 1. The molecule has 1 aromatic heterocycles. The highest BCUT2D eigenvalue weighted by molar-refractivity contribution is 5.66. The Morgan fingerprint density at radius 3 is 2.57 bits per heavy atom. The van der Waals surface area contributed by atoms with Gasteiger partial charge < -0.3 is 5.32 Å². The fraction of sp³-hybridized carbons (Fsp3) is 0.333. The van der Waals surface area contributed by atoms with Gasteiger partial charge in [-0.3, -0.25) is 10.1 Å². The van der Waals surface area contributed by atoms with Gasteiger partial charge in [-0.2, -0.15) is 0 Å². The minimum atomic E-state index is -0.408. The van der Waals surface area contributed by atoms with E-state index in [9.17, 15) is 10.1 Å². The Labute approximate surface area is 123 Å². The van der Waals surface area contributed by atoms with Crippen molar-refractivity contribution >= 4 is 11.5 Å². The van der Waals surface area contributed by atoms with Crippen LogP contribution >= 0.6 is 0 Å². The average molecular weight is 286 g/mol. The van der Waals surface area contributed by atoms with Crippen LogP contribution in [0.15, 0.2) is 18.2 Å². The molecule has 110 valence electrons. The number of hydrogen-bond donors (Lipinski definition) is 1. The number of anilines is 1. The van der Waals surface area contributed by atoms with Crippen LogP contribution in [0.1, 0.15) is 23.7 Å². The van der Waals surface area contributed by atoms with E-state index in [0.29, 0.717) is 11.4 Å². The van der Waals surface area contributed by atoms with Gasteiger partial charge in [-0.15, -0.1) is 0 Å². The molecule has 6 nitrogen and oxygen atoms in total. The van der Waals surface area contributed by atoms with Crippen LogP contribution in [0.2, 0.25) is 0 Å². The molecule has 0 aliphatic rings. The summed E-state index contributed by atoms with van der Waals surface area (Å²) in [5, 5.41) is 14.1. The second-order valence-corrected chi connectivity index (χ2v) is 4.89. The molecule has 1 N–H and O–H groups in total. The highest BCUT2D eigenvalue weighted by Gasteiger charge is 2.15. The number of nitrogens with one attached hydrogen (secondary N) is 1. The summed E-state index contributed by atoms with van der Waals surface area (Å²) in [6, 6.07) is 4.74. The Kier molecular flexibility index (Phi) is 4.16. The first-order valence-corrected chi connectivity index (χ1v) is 6.78. The van der Waals surface area contributed by atoms with Crippen molar-refractivity contribution in [3.63, 3.8) is 0 Å². The maximum atomic E-state index is 10.9. The largest absolute Gasteiger partial charge is 0.370 e. The number of rotatable bonds is 4. The molecular formula is C15H18N4O2. The van der Waals surface area contributed by atoms with Gasteiger partial charge in [0.25, 0.3) is 5.69 Å². The van der Waals surface area contributed by atoms with Gasteiger partial charge in [0.05, 0.1) is 4.92 Å². The normalized spacial score (nSPS) is 10.5. The lowest BCUT2D eigenvalue weighted by Gasteiger charge is -2.12. The molecule has 0 bridgehead atoms. The molecule has 6 heteroatoms. The lowest BCUT2D eigenvalue weighted by atomic mass is 10.1. The van der Waals surface area contributed by atoms with Gasteiger partial charge in [0.15, 0.2) is 5.82 Å². The number of nitro benzene ring substituents is 1. The van der Waals surface area contributed by atoms with Crippen molar-refractivity contribution in [1.29, 1.82) is 0 Å². The number of nitro groups is 1. The first-order valence-electron chi connectivity index (χ1n) is 6.78. The molecule has 0 fully saturated rings. The molecule has 2 aromatic rings. The third-order valence-electron chi connectivity index (χ3n) is 3.41. The van der Waals surface area contributed by atoms with Gasteiger partial charge >= 0.3 is 0 Å². The van der Waals surface area contributed by atoms with E-state index in [2.05, 4.69) is 15.3 Å². The molecular weight excluding hydrogens is 268 g/mol. The zero-order chi connectivity index (χ0) is 15.6. The molecule has 0 saturated carbocycles. The Morgan fingerprint density at radius 1 is 1.24 bits per heavy atom. The molecule has 0 atom stereocenters. The van der Waals surface area contributed by atoms with Gasteiger partial charge in [0.2, 0.25) is 0 Å². The van der Waals surface area contributed by atoms with Crippen LogP contribution in [0.25, 0.3) is 11.4 Å². The van der Waals surface area contributed by atoms with Crippen molar-refractivity contribution < 1.29 is 4.92 Å². The van der Waals surface area contributed by atoms with E-state index < -0.39 is 4.92 Å². The Balaban J connectivity index is 2.61. The Morgan fingerprint density at radius 2 is 1.95 bits per heavy atom. The van der Waals surface area contributed by atoms with Gasteiger partial charge in [0.1, 0.15) is 5.82 Å². The van der Waals surface area contributed by atoms with Gasteiger partial charge in [0, 0.05) is 35.5 Å². The first-order chi connectivity index (χ1) is 9.93. The third-order valence-corrected chi connectivity index (χ3v) is 3.41. The average Bonchev–Trinajstić information content (AvgIpc) is 2.44. The molecule has 2 rings (SSSR count). The fourth-order valence-electron chi connectivity index (χ4n) is 2.05. The molecule has 0 aliphatic heterocycles. The van der Waals surface area contributed by atoms with Crippen molar-refractivity contribution in [2.75, 3.05) is 11.9 Å². The van der Waals surface area contributed by atoms with E-state index in [1.54, 1.807) is 6.07 Å². The number of non-ortho nitro benzene ring substituents is 1. The molecule has 21 heavy (non-hydrogen) atoms. The van der Waals surface area contributed by atoms with Crippen molar-refractivity contribution in [3.05, 3.63) is 45.1 Å². The highest BCUT2D eigenvalue weighted by atomic mass is 16.6. The zero-order valence-electron chi connectivity index (χ0n) is 12.6. The molecule has 1 aromatic carbocycles. The van der Waals surface area contributed by atoms with E-state index in [0.717, 1.165) is 29.2 Å². The predicted molar refractivity (Wildman–Crippen MR) is 82.5 cm³/mol. The van der Waals surface area contributed by atoms with Gasteiger partial charge in [-0.25, -0.2) is 9.97 Å². The molecule has 0 spiro atoms. The topological polar surface area (TPSA) is 81.0 Å². The summed E-state index contributed by atoms with van der Waals surface area (Å²) in [6.07, 6.45) is 0. The maximum absolute atomic E-state index is 10.9. The smallest absolute Gasteiger partial charge is 0.270 e. The summed E-state index contributed by atoms with van der Waals surface area (Å²) < 4.78 is 0. The molecule has 0 amide bonds. The summed E-state index contributed by atoms with van der Waals surface area (Å²) in [5.74, 6) is 1.28. The Bertz CT molecular complexity index is 698. The molecule has 1 heterocycles. The quantitative estimate of drug-likeness (QED) is 0.688. The number of nitrogens with zero attached hydrogens (tertiary/aromatic N) is 3. The van der Waals surface area contributed by atoms with E-state index in [1.807, 2.05) is 27.7 Å². The molecule has 0 aliphatic carbocycles. The standard InChI is InChI=1S/C15H18N4O2/c1-5-16-14-10(3)11(4)17-15(18-14)13-8-12(19(20)21)7-6-9(13)2/h6-8H,5H2,1-4H3,(H,16,17,18). The van der Waals surface area contributed by atoms with Crippen LogP contribution in [-0.4, -0.2) is 21.4 Å². The van der Waals surface area contributed by atoms with Crippen molar-refractivity contribution in [3.8, 4) is 11.4 Å². The zero-order valence-corrected chi connectivity index (χ0v) is 12.6. The summed E-state index contributed by atoms with van der Waals surface area (Å²) in [4.78, 5) is 19.5. The van der Waals surface area contributed by atoms with E-state index in [-0.39, 0.29) is 5.69 Å². The fourth-order valence-corrected chi connectivity index (χ4v) is 2.05. The first kappa shape index (κ1) is 14.9. The lowest BCUT2D eigenvalue weighted by molar-refractivity contribution is -0.384. The number of aryl methyl sites for hydroxylation is 2. The van der Waals surface area contributed by atoms with Crippen LogP contribution in [0.3, 0.4) is 0 Å². The summed E-state index contributed by atoms with van der Waals surface area (Å²) in [7, 11) is 0. The van der Waals surface area contributed by atoms with Gasteiger partial charge in [-0.1, -0.05) is 6.07 Å². The lowest BCUT2D eigenvalue weighted by Crippen LogP contribution is -2.06. The molecule has 0 radical (unpaired) electrons. The van der Waals surface area contributed by atoms with Crippen LogP contribution < -0.4 is 5.32 Å². The van der Waals surface area contributed by atoms with Crippen LogP contribution in [0.5, 0.6) is 0 Å². The maximum Gasteiger partial charge on any atom is 0.270 e. The number of aromatic nitrogens is 2. The van der Waals surface area contributed by atoms with Crippen LogP contribution in [0, 0.1) is 30.9 Å². The van der Waals surface area contributed by atoms with Crippen molar-refractivity contribution in [2.24, 2.45) is 0 Å². The SMILES string of the molecule is CCNc1nc(-c2cc([N+](=O)[O-])ccc2C)nc(C)c1C.